The first-order valence-corrected chi connectivity index (χ1v) is 4.42. The van der Waals surface area contributed by atoms with E-state index in [-0.39, 0.29) is 5.78 Å². The maximum Gasteiger partial charge on any atom is 0.179 e. The zero-order valence-electron chi connectivity index (χ0n) is 7.95. The lowest BCUT2D eigenvalue weighted by molar-refractivity contribution is 0.101. The van der Waals surface area contributed by atoms with Gasteiger partial charge in [0, 0.05) is 26.2 Å². The van der Waals surface area contributed by atoms with E-state index in [4.69, 9.17) is 0 Å². The summed E-state index contributed by atoms with van der Waals surface area (Å²) in [4.78, 5) is 17.5. The zero-order chi connectivity index (χ0) is 9.42. The van der Waals surface area contributed by atoms with E-state index >= 15 is 0 Å². The Bertz CT molecular complexity index is 343. The smallest absolute Gasteiger partial charge is 0.179 e. The van der Waals surface area contributed by atoms with E-state index in [1.165, 1.54) is 0 Å². The van der Waals surface area contributed by atoms with E-state index in [2.05, 4.69) is 21.5 Å². The average Bonchev–Trinajstić information content (AvgIpc) is 2.46. The number of likely N-dealkylation sites (N-methyl/N-ethyl adjacent to an activating group) is 1. The van der Waals surface area contributed by atoms with E-state index in [0.717, 1.165) is 25.5 Å². The number of Topliss-reactive ketones (excluding diaryl/α,β-unsaturated/α-hetero) is 1. The number of imidazole rings is 1. The predicted octanol–water partition coefficient (Wildman–Crippen LogP) is 0.531. The minimum absolute atomic E-state index is 0.0459. The minimum Gasteiger partial charge on any atom is -0.332 e. The molecule has 2 heterocycles. The van der Waals surface area contributed by atoms with Gasteiger partial charge in [-0.2, -0.15) is 0 Å². The van der Waals surface area contributed by atoms with Crippen molar-refractivity contribution in [1.82, 2.24) is 14.5 Å². The highest BCUT2D eigenvalue weighted by Gasteiger charge is 2.16. The molecule has 4 nitrogen and oxygen atoms in total. The Hall–Kier alpha value is -1.16. The van der Waals surface area contributed by atoms with Crippen molar-refractivity contribution in [2.24, 2.45) is 0 Å². The number of fused-ring (bicyclic) bond motifs is 1. The summed E-state index contributed by atoms with van der Waals surface area (Å²) in [6, 6.07) is 0. The standard InChI is InChI=1S/C9H13N3O/c1-7(13)8-5-12-4-3-11(2)6-9(12)10-8/h5H,3-4,6H2,1-2H3. The van der Waals surface area contributed by atoms with Gasteiger partial charge >= 0.3 is 0 Å². The highest BCUT2D eigenvalue weighted by molar-refractivity contribution is 5.91. The number of rotatable bonds is 1. The van der Waals surface area contributed by atoms with Crippen molar-refractivity contribution in [1.29, 1.82) is 0 Å². The Balaban J connectivity index is 2.33. The molecule has 1 aromatic rings. The molecule has 0 fully saturated rings. The van der Waals surface area contributed by atoms with Crippen molar-refractivity contribution in [3.8, 4) is 0 Å². The molecule has 1 aliphatic rings. The monoisotopic (exact) mass is 179 g/mol. The lowest BCUT2D eigenvalue weighted by atomic mass is 10.3. The third-order valence-electron chi connectivity index (χ3n) is 2.35. The summed E-state index contributed by atoms with van der Waals surface area (Å²) >= 11 is 0. The van der Waals surface area contributed by atoms with Crippen LogP contribution >= 0.6 is 0 Å². The van der Waals surface area contributed by atoms with E-state index in [0.29, 0.717) is 5.69 Å². The van der Waals surface area contributed by atoms with Gasteiger partial charge in [-0.25, -0.2) is 4.98 Å². The molecule has 0 atom stereocenters. The molecule has 0 aromatic carbocycles. The quantitative estimate of drug-likeness (QED) is 0.590. The van der Waals surface area contributed by atoms with Gasteiger partial charge in [-0.15, -0.1) is 0 Å². The van der Waals surface area contributed by atoms with Gasteiger partial charge in [0.15, 0.2) is 5.78 Å². The third kappa shape index (κ3) is 1.49. The van der Waals surface area contributed by atoms with Crippen LogP contribution in [0.3, 0.4) is 0 Å². The van der Waals surface area contributed by atoms with Crippen molar-refractivity contribution < 1.29 is 4.79 Å². The normalized spacial score (nSPS) is 17.1. The minimum atomic E-state index is 0.0459. The SMILES string of the molecule is CC(=O)c1cn2c(n1)CN(C)CC2. The summed E-state index contributed by atoms with van der Waals surface area (Å²) < 4.78 is 2.07. The van der Waals surface area contributed by atoms with Crippen molar-refractivity contribution in [2.45, 2.75) is 20.0 Å². The Morgan fingerprint density at radius 1 is 1.54 bits per heavy atom. The topological polar surface area (TPSA) is 38.1 Å². The average molecular weight is 179 g/mol. The largest absolute Gasteiger partial charge is 0.332 e. The summed E-state index contributed by atoms with van der Waals surface area (Å²) in [7, 11) is 2.06. The molecule has 70 valence electrons. The van der Waals surface area contributed by atoms with E-state index < -0.39 is 0 Å². The molecule has 0 aliphatic carbocycles. The fourth-order valence-corrected chi connectivity index (χ4v) is 1.54. The summed E-state index contributed by atoms with van der Waals surface area (Å²) in [5.74, 6) is 1.04. The lowest BCUT2D eigenvalue weighted by Crippen LogP contribution is -2.30. The Morgan fingerprint density at radius 2 is 2.31 bits per heavy atom. The van der Waals surface area contributed by atoms with Gasteiger partial charge in [-0.3, -0.25) is 9.69 Å². The highest BCUT2D eigenvalue weighted by atomic mass is 16.1. The first kappa shape index (κ1) is 8.44. The number of carbonyl (C=O) groups is 1. The van der Waals surface area contributed by atoms with Crippen molar-refractivity contribution in [2.75, 3.05) is 13.6 Å². The summed E-state index contributed by atoms with van der Waals surface area (Å²) in [6.07, 6.45) is 1.85. The molecule has 1 aliphatic heterocycles. The molecule has 13 heavy (non-hydrogen) atoms. The Labute approximate surface area is 77.2 Å². The lowest BCUT2D eigenvalue weighted by Gasteiger charge is -2.22. The van der Waals surface area contributed by atoms with Crippen LogP contribution in [-0.4, -0.2) is 33.8 Å². The van der Waals surface area contributed by atoms with Crippen LogP contribution in [0, 0.1) is 0 Å². The fourth-order valence-electron chi connectivity index (χ4n) is 1.54. The zero-order valence-corrected chi connectivity index (χ0v) is 7.95. The number of hydrogen-bond donors (Lipinski definition) is 0. The van der Waals surface area contributed by atoms with Crippen molar-refractivity contribution >= 4 is 5.78 Å². The van der Waals surface area contributed by atoms with Gasteiger partial charge in [0.2, 0.25) is 0 Å². The second kappa shape index (κ2) is 2.96. The molecule has 0 saturated heterocycles. The summed E-state index contributed by atoms with van der Waals surface area (Å²) in [5.41, 5.74) is 0.588. The van der Waals surface area contributed by atoms with Gasteiger partial charge in [0.1, 0.15) is 11.5 Å². The second-order valence-corrected chi connectivity index (χ2v) is 3.53. The molecule has 0 radical (unpaired) electrons. The van der Waals surface area contributed by atoms with Crippen LogP contribution in [0.25, 0.3) is 0 Å². The number of hydrogen-bond acceptors (Lipinski definition) is 3. The molecule has 0 saturated carbocycles. The van der Waals surface area contributed by atoms with Crippen LogP contribution in [0.5, 0.6) is 0 Å². The molecule has 0 bridgehead atoms. The maximum absolute atomic E-state index is 11.1. The Morgan fingerprint density at radius 3 is 3.00 bits per heavy atom. The summed E-state index contributed by atoms with van der Waals surface area (Å²) in [6.45, 7) is 4.36. The number of carbonyl (C=O) groups excluding carboxylic acids is 1. The number of nitrogens with zero attached hydrogens (tertiary/aromatic N) is 3. The molecule has 0 amide bonds. The molecule has 2 rings (SSSR count). The molecular formula is C9H13N3O. The predicted molar refractivity (Wildman–Crippen MR) is 48.6 cm³/mol. The van der Waals surface area contributed by atoms with E-state index in [1.54, 1.807) is 6.92 Å². The number of aromatic nitrogens is 2. The van der Waals surface area contributed by atoms with Crippen LogP contribution in [0.4, 0.5) is 0 Å². The van der Waals surface area contributed by atoms with Crippen molar-refractivity contribution in [3.63, 3.8) is 0 Å². The molecule has 4 heteroatoms. The molecule has 1 aromatic heterocycles. The molecule has 0 spiro atoms. The van der Waals surface area contributed by atoms with Crippen LogP contribution in [-0.2, 0) is 13.1 Å². The maximum atomic E-state index is 11.1. The molecular weight excluding hydrogens is 166 g/mol. The van der Waals surface area contributed by atoms with Gasteiger partial charge < -0.3 is 4.57 Å². The first-order chi connectivity index (χ1) is 6.16. The highest BCUT2D eigenvalue weighted by Crippen LogP contribution is 2.11. The van der Waals surface area contributed by atoms with Gasteiger partial charge in [-0.1, -0.05) is 0 Å². The third-order valence-corrected chi connectivity index (χ3v) is 2.35. The molecule has 0 unspecified atom stereocenters. The van der Waals surface area contributed by atoms with Gasteiger partial charge in [0.05, 0.1) is 6.54 Å². The van der Waals surface area contributed by atoms with Gasteiger partial charge in [-0.05, 0) is 7.05 Å². The van der Waals surface area contributed by atoms with Gasteiger partial charge in [0.25, 0.3) is 0 Å². The van der Waals surface area contributed by atoms with Crippen molar-refractivity contribution in [3.05, 3.63) is 17.7 Å². The summed E-state index contributed by atoms with van der Waals surface area (Å²) in [5, 5.41) is 0. The number of ketones is 1. The van der Waals surface area contributed by atoms with Crippen LogP contribution in [0.1, 0.15) is 23.2 Å². The van der Waals surface area contributed by atoms with E-state index in [1.807, 2.05) is 6.20 Å². The Kier molecular flexibility index (Phi) is 1.92. The second-order valence-electron chi connectivity index (χ2n) is 3.53. The fraction of sp³-hybridized carbons (Fsp3) is 0.556. The van der Waals surface area contributed by atoms with E-state index in [9.17, 15) is 4.79 Å². The van der Waals surface area contributed by atoms with Crippen LogP contribution < -0.4 is 0 Å². The van der Waals surface area contributed by atoms with Crippen LogP contribution in [0.2, 0.25) is 0 Å². The van der Waals surface area contributed by atoms with Crippen LogP contribution in [0.15, 0.2) is 6.20 Å². The first-order valence-electron chi connectivity index (χ1n) is 4.42. The molecule has 0 N–H and O–H groups in total.